The molecule has 35 heavy (non-hydrogen) atoms. The first-order chi connectivity index (χ1) is 17.0. The van der Waals surface area contributed by atoms with Crippen molar-refractivity contribution in [3.8, 4) is 11.1 Å². The fraction of sp³-hybridized carbons (Fsp3) is 0.464. The molecule has 0 spiro atoms. The van der Waals surface area contributed by atoms with Crippen molar-refractivity contribution in [2.45, 2.75) is 63.3 Å². The van der Waals surface area contributed by atoms with Gasteiger partial charge in [-0.2, -0.15) is 0 Å². The molecule has 2 amide bonds. The first kappa shape index (κ1) is 24.8. The summed E-state index contributed by atoms with van der Waals surface area (Å²) in [6.45, 7) is 0.875. The molecule has 0 unspecified atom stereocenters. The number of carbonyl (C=O) groups excluding carboxylic acids is 2. The number of benzene rings is 2. The van der Waals surface area contributed by atoms with Crippen LogP contribution in [0.5, 0.6) is 0 Å². The van der Waals surface area contributed by atoms with Crippen LogP contribution in [0.3, 0.4) is 0 Å². The first-order valence-corrected chi connectivity index (χ1v) is 12.6. The minimum atomic E-state index is -0.780. The van der Waals surface area contributed by atoms with Crippen molar-refractivity contribution in [1.82, 2.24) is 10.6 Å². The van der Waals surface area contributed by atoms with Gasteiger partial charge in [0.25, 0.3) is 0 Å². The molecule has 186 valence electrons. The van der Waals surface area contributed by atoms with Crippen molar-refractivity contribution in [3.63, 3.8) is 0 Å². The molecule has 1 saturated carbocycles. The summed E-state index contributed by atoms with van der Waals surface area (Å²) in [7, 11) is 0. The van der Waals surface area contributed by atoms with Crippen LogP contribution in [0.4, 0.5) is 4.79 Å². The van der Waals surface area contributed by atoms with Crippen molar-refractivity contribution < 1.29 is 24.2 Å². The highest BCUT2D eigenvalue weighted by Gasteiger charge is 2.30. The van der Waals surface area contributed by atoms with Crippen LogP contribution < -0.4 is 10.6 Å². The number of hydrogen-bond donors (Lipinski definition) is 3. The molecule has 2 aliphatic carbocycles. The maximum Gasteiger partial charge on any atom is 0.407 e. The van der Waals surface area contributed by atoms with E-state index in [0.717, 1.165) is 38.5 Å². The molecule has 2 aromatic carbocycles. The summed E-state index contributed by atoms with van der Waals surface area (Å²) in [5.74, 6) is -0.716. The van der Waals surface area contributed by atoms with Crippen molar-refractivity contribution in [2.75, 3.05) is 13.2 Å². The Bertz CT molecular complexity index is 1000. The molecule has 0 bridgehead atoms. The summed E-state index contributed by atoms with van der Waals surface area (Å²) in [6.07, 6.45) is 4.97. The highest BCUT2D eigenvalue weighted by molar-refractivity contribution is 5.79. The van der Waals surface area contributed by atoms with E-state index in [0.29, 0.717) is 19.6 Å². The van der Waals surface area contributed by atoms with Gasteiger partial charge in [-0.1, -0.05) is 55.0 Å². The number of aliphatic carboxylic acids is 1. The lowest BCUT2D eigenvalue weighted by molar-refractivity contribution is -0.137. The maximum absolute atomic E-state index is 12.5. The van der Waals surface area contributed by atoms with Gasteiger partial charge in [0.15, 0.2) is 0 Å². The third kappa shape index (κ3) is 6.41. The predicted molar refractivity (Wildman–Crippen MR) is 133 cm³/mol. The Morgan fingerprint density at radius 1 is 0.857 bits per heavy atom. The number of fused-ring (bicyclic) bond motifs is 3. The number of ether oxygens (including phenoxy) is 1. The molecule has 0 atom stereocenters. The summed E-state index contributed by atoms with van der Waals surface area (Å²) in [4.78, 5) is 35.5. The average molecular weight is 479 g/mol. The molecule has 0 saturated heterocycles. The molecule has 4 rings (SSSR count). The fourth-order valence-electron chi connectivity index (χ4n) is 5.24. The molecule has 7 heteroatoms. The van der Waals surface area contributed by atoms with E-state index in [2.05, 4.69) is 34.9 Å². The Balaban J connectivity index is 1.16. The molecule has 7 nitrogen and oxygen atoms in total. The SMILES string of the molecule is O=C(O)CCCCCNC(=O)C1CCC(NC(=O)OCC2c3ccccc3-c3ccccc32)CC1. The molecule has 0 aliphatic heterocycles. The first-order valence-electron chi connectivity index (χ1n) is 12.6. The Morgan fingerprint density at radius 2 is 1.49 bits per heavy atom. The van der Waals surface area contributed by atoms with Gasteiger partial charge in [0.1, 0.15) is 6.61 Å². The van der Waals surface area contributed by atoms with Gasteiger partial charge in [-0.05, 0) is 60.8 Å². The van der Waals surface area contributed by atoms with Gasteiger partial charge in [-0.3, -0.25) is 9.59 Å². The molecule has 3 N–H and O–H groups in total. The van der Waals surface area contributed by atoms with Crippen LogP contribution in [0.25, 0.3) is 11.1 Å². The molecule has 2 aromatic rings. The lowest BCUT2D eigenvalue weighted by atomic mass is 9.85. The molecule has 1 fully saturated rings. The molecule has 0 aromatic heterocycles. The van der Waals surface area contributed by atoms with E-state index in [1.165, 1.54) is 22.3 Å². The topological polar surface area (TPSA) is 105 Å². The normalized spacial score (nSPS) is 18.9. The summed E-state index contributed by atoms with van der Waals surface area (Å²) < 4.78 is 5.65. The third-order valence-electron chi connectivity index (χ3n) is 7.13. The highest BCUT2D eigenvalue weighted by atomic mass is 16.5. The Kier molecular flexibility index (Phi) is 8.40. The van der Waals surface area contributed by atoms with Crippen molar-refractivity contribution in [2.24, 2.45) is 5.92 Å². The molecule has 0 heterocycles. The van der Waals surface area contributed by atoms with Gasteiger partial charge in [0.2, 0.25) is 5.91 Å². The molecular formula is C28H34N2O5. The van der Waals surface area contributed by atoms with Crippen molar-refractivity contribution in [1.29, 1.82) is 0 Å². The average Bonchev–Trinajstić information content (AvgIpc) is 3.19. The van der Waals surface area contributed by atoms with Crippen molar-refractivity contribution in [3.05, 3.63) is 59.7 Å². The number of carbonyl (C=O) groups is 3. The molecule has 0 radical (unpaired) electrons. The van der Waals surface area contributed by atoms with Crippen LogP contribution in [0.2, 0.25) is 0 Å². The summed E-state index contributed by atoms with van der Waals surface area (Å²) in [5, 5.41) is 14.6. The Hall–Kier alpha value is -3.35. The standard InChI is InChI=1S/C28H34N2O5/c31-26(32)12-2-1-7-17-29-27(33)19-13-15-20(16-14-19)30-28(34)35-18-25-23-10-5-3-8-21(23)22-9-4-6-11-24(22)25/h3-6,8-11,19-20,25H,1-2,7,12-18H2,(H,29,33)(H,30,34)(H,31,32). The zero-order chi connectivity index (χ0) is 24.6. The number of carboxylic acid groups (broad SMARTS) is 1. The lowest BCUT2D eigenvalue weighted by Crippen LogP contribution is -2.41. The largest absolute Gasteiger partial charge is 0.481 e. The number of hydrogen-bond acceptors (Lipinski definition) is 4. The van der Waals surface area contributed by atoms with Crippen LogP contribution in [0.15, 0.2) is 48.5 Å². The zero-order valence-electron chi connectivity index (χ0n) is 20.0. The second-order valence-electron chi connectivity index (χ2n) is 9.51. The number of nitrogens with one attached hydrogen (secondary N) is 2. The number of alkyl carbamates (subject to hydrolysis) is 1. The van der Waals surface area contributed by atoms with E-state index in [1.54, 1.807) is 0 Å². The van der Waals surface area contributed by atoms with E-state index in [4.69, 9.17) is 9.84 Å². The van der Waals surface area contributed by atoms with Crippen LogP contribution in [-0.4, -0.2) is 42.3 Å². The van der Waals surface area contributed by atoms with Crippen LogP contribution in [0.1, 0.15) is 68.4 Å². The van der Waals surface area contributed by atoms with Gasteiger partial charge < -0.3 is 20.5 Å². The summed E-state index contributed by atoms with van der Waals surface area (Å²) in [6, 6.07) is 16.6. The van der Waals surface area contributed by atoms with E-state index in [-0.39, 0.29) is 30.2 Å². The van der Waals surface area contributed by atoms with Crippen molar-refractivity contribution >= 4 is 18.0 Å². The van der Waals surface area contributed by atoms with Gasteiger partial charge in [-0.15, -0.1) is 0 Å². The van der Waals surface area contributed by atoms with Crippen LogP contribution >= 0.6 is 0 Å². The quantitative estimate of drug-likeness (QED) is 0.424. The lowest BCUT2D eigenvalue weighted by Gasteiger charge is -2.28. The number of carboxylic acids is 1. The minimum absolute atomic E-state index is 0.0192. The smallest absolute Gasteiger partial charge is 0.407 e. The van der Waals surface area contributed by atoms with Crippen LogP contribution in [0, 0.1) is 5.92 Å². The van der Waals surface area contributed by atoms with E-state index < -0.39 is 12.1 Å². The maximum atomic E-state index is 12.5. The molecular weight excluding hydrogens is 444 g/mol. The fourth-order valence-corrected chi connectivity index (χ4v) is 5.24. The van der Waals surface area contributed by atoms with Gasteiger partial charge in [-0.25, -0.2) is 4.79 Å². The van der Waals surface area contributed by atoms with Gasteiger partial charge >= 0.3 is 12.1 Å². The number of rotatable bonds is 10. The predicted octanol–water partition coefficient (Wildman–Crippen LogP) is 4.85. The van der Waals surface area contributed by atoms with E-state index in [9.17, 15) is 14.4 Å². The summed E-state index contributed by atoms with van der Waals surface area (Å²) >= 11 is 0. The third-order valence-corrected chi connectivity index (χ3v) is 7.13. The Morgan fingerprint density at radius 3 is 2.11 bits per heavy atom. The van der Waals surface area contributed by atoms with Gasteiger partial charge in [0.05, 0.1) is 0 Å². The van der Waals surface area contributed by atoms with Gasteiger partial charge in [0, 0.05) is 30.8 Å². The number of unbranched alkanes of at least 4 members (excludes halogenated alkanes) is 2. The van der Waals surface area contributed by atoms with E-state index in [1.807, 2.05) is 24.3 Å². The highest BCUT2D eigenvalue weighted by Crippen LogP contribution is 2.44. The number of amides is 2. The second kappa shape index (κ2) is 11.9. The zero-order valence-corrected chi connectivity index (χ0v) is 20.0. The van der Waals surface area contributed by atoms with E-state index >= 15 is 0 Å². The monoisotopic (exact) mass is 478 g/mol. The molecule has 2 aliphatic rings. The minimum Gasteiger partial charge on any atom is -0.481 e. The summed E-state index contributed by atoms with van der Waals surface area (Å²) in [5.41, 5.74) is 4.78. The Labute approximate surface area is 206 Å². The van der Waals surface area contributed by atoms with Crippen LogP contribution in [-0.2, 0) is 14.3 Å². The second-order valence-corrected chi connectivity index (χ2v) is 9.51.